The largest absolute Gasteiger partial charge is 0.497 e. The summed E-state index contributed by atoms with van der Waals surface area (Å²) in [5.74, 6) is 2.30. The minimum Gasteiger partial charge on any atom is -0.497 e. The van der Waals surface area contributed by atoms with E-state index in [1.807, 2.05) is 24.3 Å². The van der Waals surface area contributed by atoms with Crippen LogP contribution in [-0.2, 0) is 13.1 Å². The summed E-state index contributed by atoms with van der Waals surface area (Å²) >= 11 is 3.50. The second-order valence-corrected chi connectivity index (χ2v) is 5.62. The molecular formula is C17H21BrClNO3. The zero-order valence-electron chi connectivity index (χ0n) is 13.4. The first-order chi connectivity index (χ1) is 10.7. The third-order valence-corrected chi connectivity index (χ3v) is 3.90. The fraction of sp³-hybridized carbons (Fsp3) is 0.294. The molecule has 0 bridgehead atoms. The summed E-state index contributed by atoms with van der Waals surface area (Å²) in [6, 6.07) is 12.0. The maximum Gasteiger partial charge on any atom is 0.174 e. The highest BCUT2D eigenvalue weighted by Crippen LogP contribution is 2.36. The van der Waals surface area contributed by atoms with Crippen molar-refractivity contribution in [2.45, 2.75) is 13.1 Å². The van der Waals surface area contributed by atoms with Gasteiger partial charge in [0.15, 0.2) is 11.5 Å². The first kappa shape index (κ1) is 19.6. The first-order valence-electron chi connectivity index (χ1n) is 6.92. The lowest BCUT2D eigenvalue weighted by Crippen LogP contribution is -2.12. The monoisotopic (exact) mass is 401 g/mol. The molecule has 0 fully saturated rings. The molecular weight excluding hydrogens is 382 g/mol. The molecule has 0 radical (unpaired) electrons. The average molecular weight is 403 g/mol. The lowest BCUT2D eigenvalue weighted by atomic mass is 10.2. The van der Waals surface area contributed by atoms with Crippen molar-refractivity contribution in [3.05, 3.63) is 52.0 Å². The molecule has 0 atom stereocenters. The molecule has 0 saturated heterocycles. The third-order valence-electron chi connectivity index (χ3n) is 3.31. The van der Waals surface area contributed by atoms with Crippen molar-refractivity contribution >= 4 is 28.3 Å². The van der Waals surface area contributed by atoms with Crippen molar-refractivity contribution in [2.75, 3.05) is 21.3 Å². The van der Waals surface area contributed by atoms with Crippen LogP contribution in [0.3, 0.4) is 0 Å². The lowest BCUT2D eigenvalue weighted by molar-refractivity contribution is 0.352. The second-order valence-electron chi connectivity index (χ2n) is 4.76. The number of benzene rings is 2. The van der Waals surface area contributed by atoms with Crippen molar-refractivity contribution in [1.29, 1.82) is 0 Å². The smallest absolute Gasteiger partial charge is 0.174 e. The van der Waals surface area contributed by atoms with Crippen LogP contribution in [0.4, 0.5) is 0 Å². The van der Waals surface area contributed by atoms with Crippen molar-refractivity contribution in [2.24, 2.45) is 0 Å². The van der Waals surface area contributed by atoms with Gasteiger partial charge in [-0.15, -0.1) is 12.4 Å². The highest BCUT2D eigenvalue weighted by molar-refractivity contribution is 9.10. The zero-order valence-corrected chi connectivity index (χ0v) is 15.8. The first-order valence-corrected chi connectivity index (χ1v) is 7.71. The fourth-order valence-electron chi connectivity index (χ4n) is 2.17. The number of rotatable bonds is 7. The molecule has 2 aromatic carbocycles. The van der Waals surface area contributed by atoms with E-state index in [1.165, 1.54) is 5.56 Å². The van der Waals surface area contributed by atoms with Crippen LogP contribution in [0, 0.1) is 0 Å². The molecule has 1 N–H and O–H groups in total. The Hall–Kier alpha value is -1.43. The summed E-state index contributed by atoms with van der Waals surface area (Å²) < 4.78 is 16.7. The van der Waals surface area contributed by atoms with Crippen molar-refractivity contribution in [3.8, 4) is 17.2 Å². The molecule has 0 unspecified atom stereocenters. The molecule has 4 nitrogen and oxygen atoms in total. The molecule has 0 amide bonds. The van der Waals surface area contributed by atoms with Gasteiger partial charge in [0.25, 0.3) is 0 Å². The number of methoxy groups -OCH3 is 3. The molecule has 0 heterocycles. The molecule has 0 spiro atoms. The molecule has 2 rings (SSSR count). The van der Waals surface area contributed by atoms with Crippen LogP contribution in [0.25, 0.3) is 0 Å². The summed E-state index contributed by atoms with van der Waals surface area (Å²) in [5.41, 5.74) is 2.33. The van der Waals surface area contributed by atoms with E-state index in [1.54, 1.807) is 21.3 Å². The Labute approximate surface area is 151 Å². The van der Waals surface area contributed by atoms with Crippen molar-refractivity contribution < 1.29 is 14.2 Å². The van der Waals surface area contributed by atoms with Gasteiger partial charge in [-0.3, -0.25) is 0 Å². The van der Waals surface area contributed by atoms with Gasteiger partial charge in [0.1, 0.15) is 5.75 Å². The van der Waals surface area contributed by atoms with Crippen LogP contribution in [0.15, 0.2) is 40.9 Å². The molecule has 0 aromatic heterocycles. The molecule has 0 aliphatic heterocycles. The highest BCUT2D eigenvalue weighted by Gasteiger charge is 2.10. The van der Waals surface area contributed by atoms with Crippen LogP contribution in [0.1, 0.15) is 11.1 Å². The fourth-order valence-corrected chi connectivity index (χ4v) is 2.82. The summed E-state index contributed by atoms with van der Waals surface area (Å²) in [4.78, 5) is 0. The highest BCUT2D eigenvalue weighted by atomic mass is 79.9. The number of hydrogen-bond acceptors (Lipinski definition) is 4. The van der Waals surface area contributed by atoms with E-state index in [2.05, 4.69) is 33.4 Å². The predicted octanol–water partition coefficient (Wildman–Crippen LogP) is 4.19. The molecule has 23 heavy (non-hydrogen) atoms. The van der Waals surface area contributed by atoms with Gasteiger partial charge >= 0.3 is 0 Å². The van der Waals surface area contributed by atoms with Gasteiger partial charge in [0.2, 0.25) is 0 Å². The maximum absolute atomic E-state index is 5.35. The van der Waals surface area contributed by atoms with E-state index in [9.17, 15) is 0 Å². The molecule has 0 aliphatic carbocycles. The molecule has 126 valence electrons. The molecule has 0 saturated carbocycles. The van der Waals surface area contributed by atoms with Gasteiger partial charge in [0.05, 0.1) is 25.8 Å². The van der Waals surface area contributed by atoms with Gasteiger partial charge in [-0.25, -0.2) is 0 Å². The molecule has 2 aromatic rings. The van der Waals surface area contributed by atoms with Crippen LogP contribution in [-0.4, -0.2) is 21.3 Å². The summed E-state index contributed by atoms with van der Waals surface area (Å²) in [7, 11) is 4.94. The van der Waals surface area contributed by atoms with Crippen LogP contribution >= 0.6 is 28.3 Å². The maximum atomic E-state index is 5.35. The number of nitrogens with one attached hydrogen (secondary N) is 1. The molecule has 0 aliphatic rings. The minimum absolute atomic E-state index is 0. The Morgan fingerprint density at radius 2 is 1.52 bits per heavy atom. The zero-order chi connectivity index (χ0) is 15.9. The number of halogens is 2. The Kier molecular flexibility index (Phi) is 8.23. The van der Waals surface area contributed by atoms with E-state index in [0.29, 0.717) is 5.75 Å². The van der Waals surface area contributed by atoms with Gasteiger partial charge in [-0.05, 0) is 51.3 Å². The minimum atomic E-state index is 0. The normalized spacial score (nSPS) is 9.91. The third kappa shape index (κ3) is 5.30. The second kappa shape index (κ2) is 9.65. The summed E-state index contributed by atoms with van der Waals surface area (Å²) in [6.07, 6.45) is 0. The topological polar surface area (TPSA) is 39.7 Å². The Bertz CT molecular complexity index is 620. The number of hydrogen-bond donors (Lipinski definition) is 1. The van der Waals surface area contributed by atoms with Crippen LogP contribution in [0.2, 0.25) is 0 Å². The standard InChI is InChI=1S/C17H20BrNO3.ClH/c1-20-14-6-4-12(5-7-14)10-19-11-13-8-15(18)17(22-3)16(9-13)21-2;/h4-9,19H,10-11H2,1-3H3;1H. The predicted molar refractivity (Wildman–Crippen MR) is 98.0 cm³/mol. The van der Waals surface area contributed by atoms with E-state index in [-0.39, 0.29) is 12.4 Å². The van der Waals surface area contributed by atoms with Crippen molar-refractivity contribution in [3.63, 3.8) is 0 Å². The number of ether oxygens (including phenoxy) is 3. The summed E-state index contributed by atoms with van der Waals surface area (Å²) in [5, 5.41) is 3.41. The van der Waals surface area contributed by atoms with E-state index in [0.717, 1.165) is 34.6 Å². The average Bonchev–Trinajstić information content (AvgIpc) is 2.55. The molecule has 6 heteroatoms. The Balaban J connectivity index is 0.00000264. The van der Waals surface area contributed by atoms with Crippen LogP contribution in [0.5, 0.6) is 17.2 Å². The van der Waals surface area contributed by atoms with Gasteiger partial charge < -0.3 is 19.5 Å². The van der Waals surface area contributed by atoms with Crippen LogP contribution < -0.4 is 19.5 Å². The van der Waals surface area contributed by atoms with Gasteiger partial charge in [0, 0.05) is 13.1 Å². The van der Waals surface area contributed by atoms with E-state index < -0.39 is 0 Å². The summed E-state index contributed by atoms with van der Waals surface area (Å²) in [6.45, 7) is 1.53. The Morgan fingerprint density at radius 3 is 2.09 bits per heavy atom. The van der Waals surface area contributed by atoms with E-state index in [4.69, 9.17) is 14.2 Å². The quantitative estimate of drug-likeness (QED) is 0.754. The Morgan fingerprint density at radius 1 is 0.870 bits per heavy atom. The lowest BCUT2D eigenvalue weighted by Gasteiger charge is -2.12. The van der Waals surface area contributed by atoms with Crippen molar-refractivity contribution in [1.82, 2.24) is 5.32 Å². The van der Waals surface area contributed by atoms with E-state index >= 15 is 0 Å². The van der Waals surface area contributed by atoms with Gasteiger partial charge in [-0.2, -0.15) is 0 Å². The van der Waals surface area contributed by atoms with Gasteiger partial charge in [-0.1, -0.05) is 12.1 Å². The SMILES string of the molecule is COc1ccc(CNCc2cc(Br)c(OC)c(OC)c2)cc1.Cl.